The Labute approximate surface area is 151 Å². The van der Waals surface area contributed by atoms with Crippen LogP contribution < -0.4 is 5.32 Å². The van der Waals surface area contributed by atoms with Crippen molar-refractivity contribution in [3.63, 3.8) is 0 Å². The Hall–Kier alpha value is -2.79. The number of carbonyl (C=O) groups is 1. The summed E-state index contributed by atoms with van der Waals surface area (Å²) >= 11 is 5.95. The first-order valence-corrected chi connectivity index (χ1v) is 8.26. The third-order valence-electron chi connectivity index (χ3n) is 3.84. The van der Waals surface area contributed by atoms with Crippen molar-refractivity contribution >= 4 is 23.2 Å². The number of aromatic amines is 1. The fraction of sp³-hybridized carbons (Fsp3) is 0.158. The van der Waals surface area contributed by atoms with Crippen LogP contribution >= 0.6 is 11.6 Å². The molecule has 128 valence electrons. The fourth-order valence-corrected chi connectivity index (χ4v) is 2.65. The first kappa shape index (κ1) is 17.0. The second-order valence-corrected chi connectivity index (χ2v) is 6.34. The number of hydrogen-bond donors (Lipinski definition) is 2. The Kier molecular flexibility index (Phi) is 5.05. The fourth-order valence-electron chi connectivity index (χ4n) is 2.53. The van der Waals surface area contributed by atoms with E-state index in [1.54, 1.807) is 19.0 Å². The van der Waals surface area contributed by atoms with Crippen LogP contribution in [0.1, 0.15) is 15.9 Å². The molecule has 6 heteroatoms. The van der Waals surface area contributed by atoms with Gasteiger partial charge in [-0.05, 0) is 30.3 Å². The molecule has 0 aliphatic heterocycles. The van der Waals surface area contributed by atoms with Crippen LogP contribution in [0.15, 0.2) is 54.7 Å². The Morgan fingerprint density at radius 2 is 1.96 bits per heavy atom. The summed E-state index contributed by atoms with van der Waals surface area (Å²) in [6.45, 7) is 0.591. The molecule has 0 saturated heterocycles. The minimum atomic E-state index is -0.0196. The molecule has 0 saturated carbocycles. The Morgan fingerprint density at radius 3 is 2.68 bits per heavy atom. The predicted octanol–water partition coefficient (Wildman–Crippen LogP) is 4.04. The maximum absolute atomic E-state index is 12.1. The predicted molar refractivity (Wildman–Crippen MR) is 101 cm³/mol. The molecule has 1 aromatic heterocycles. The molecule has 0 aliphatic carbocycles. The summed E-state index contributed by atoms with van der Waals surface area (Å²) < 4.78 is 0. The van der Waals surface area contributed by atoms with Gasteiger partial charge in [0.15, 0.2) is 0 Å². The van der Waals surface area contributed by atoms with E-state index in [4.69, 9.17) is 11.6 Å². The van der Waals surface area contributed by atoms with Gasteiger partial charge in [0, 0.05) is 54.2 Å². The van der Waals surface area contributed by atoms with E-state index in [0.29, 0.717) is 17.1 Å². The molecule has 2 aromatic carbocycles. The second kappa shape index (κ2) is 7.40. The van der Waals surface area contributed by atoms with Gasteiger partial charge in [0.05, 0.1) is 5.69 Å². The highest BCUT2D eigenvalue weighted by atomic mass is 35.5. The average Bonchev–Trinajstić information content (AvgIpc) is 3.08. The molecule has 25 heavy (non-hydrogen) atoms. The summed E-state index contributed by atoms with van der Waals surface area (Å²) in [4.78, 5) is 13.6. The highest BCUT2D eigenvalue weighted by Gasteiger charge is 2.10. The molecule has 0 bridgehead atoms. The zero-order valence-electron chi connectivity index (χ0n) is 14.1. The van der Waals surface area contributed by atoms with E-state index in [-0.39, 0.29) is 5.91 Å². The van der Waals surface area contributed by atoms with Gasteiger partial charge in [0.1, 0.15) is 0 Å². The smallest absolute Gasteiger partial charge is 0.253 e. The molecule has 3 rings (SSSR count). The Balaban J connectivity index is 1.75. The lowest BCUT2D eigenvalue weighted by atomic mass is 10.1. The normalized spacial score (nSPS) is 10.5. The first-order valence-electron chi connectivity index (χ1n) is 7.89. The lowest BCUT2D eigenvalue weighted by Crippen LogP contribution is -2.21. The number of halogens is 1. The average molecular weight is 355 g/mol. The second-order valence-electron chi connectivity index (χ2n) is 5.90. The van der Waals surface area contributed by atoms with Crippen LogP contribution in [-0.2, 0) is 6.54 Å². The minimum absolute atomic E-state index is 0.0196. The summed E-state index contributed by atoms with van der Waals surface area (Å²) in [5.41, 5.74) is 4.45. The van der Waals surface area contributed by atoms with Crippen molar-refractivity contribution in [3.05, 3.63) is 70.9 Å². The van der Waals surface area contributed by atoms with Crippen LogP contribution in [0.4, 0.5) is 5.69 Å². The summed E-state index contributed by atoms with van der Waals surface area (Å²) in [5, 5.41) is 11.3. The van der Waals surface area contributed by atoms with E-state index in [2.05, 4.69) is 15.5 Å². The van der Waals surface area contributed by atoms with Crippen molar-refractivity contribution in [2.45, 2.75) is 6.54 Å². The third-order valence-corrected chi connectivity index (χ3v) is 4.09. The van der Waals surface area contributed by atoms with Crippen LogP contribution in [0, 0.1) is 0 Å². The topological polar surface area (TPSA) is 61.0 Å². The Bertz CT molecular complexity index is 871. The number of nitrogens with one attached hydrogen (secondary N) is 2. The molecular weight excluding hydrogens is 336 g/mol. The molecule has 1 heterocycles. The van der Waals surface area contributed by atoms with Crippen molar-refractivity contribution in [2.75, 3.05) is 19.4 Å². The van der Waals surface area contributed by atoms with Crippen molar-refractivity contribution in [2.24, 2.45) is 0 Å². The van der Waals surface area contributed by atoms with Gasteiger partial charge in [-0.15, -0.1) is 0 Å². The molecule has 1 amide bonds. The number of rotatable bonds is 5. The molecule has 0 atom stereocenters. The summed E-state index contributed by atoms with van der Waals surface area (Å²) in [6, 6.07) is 15.0. The lowest BCUT2D eigenvalue weighted by molar-refractivity contribution is 0.0827. The van der Waals surface area contributed by atoms with Crippen LogP contribution in [0.2, 0.25) is 5.02 Å². The standard InChI is InChI=1S/C19H19ClN4O/c1-24(2)19(25)14-4-3-5-17(10-14)21-11-15-12-22-23-18(15)13-6-8-16(20)9-7-13/h3-10,12,21H,11H2,1-2H3,(H,22,23). The van der Waals surface area contributed by atoms with E-state index < -0.39 is 0 Å². The highest BCUT2D eigenvalue weighted by Crippen LogP contribution is 2.24. The van der Waals surface area contributed by atoms with Gasteiger partial charge < -0.3 is 10.2 Å². The number of amides is 1. The molecule has 5 nitrogen and oxygen atoms in total. The van der Waals surface area contributed by atoms with Crippen LogP contribution in [0.3, 0.4) is 0 Å². The van der Waals surface area contributed by atoms with E-state index in [9.17, 15) is 4.79 Å². The van der Waals surface area contributed by atoms with Gasteiger partial charge in [0.2, 0.25) is 0 Å². The van der Waals surface area contributed by atoms with E-state index in [1.165, 1.54) is 0 Å². The number of anilines is 1. The maximum Gasteiger partial charge on any atom is 0.253 e. The minimum Gasteiger partial charge on any atom is -0.381 e. The number of benzene rings is 2. The number of aromatic nitrogens is 2. The van der Waals surface area contributed by atoms with Crippen molar-refractivity contribution in [1.29, 1.82) is 0 Å². The molecule has 3 aromatic rings. The SMILES string of the molecule is CN(C)C(=O)c1cccc(NCc2c[nH]nc2-c2ccc(Cl)cc2)c1. The molecule has 0 fully saturated rings. The number of hydrogen-bond acceptors (Lipinski definition) is 3. The summed E-state index contributed by atoms with van der Waals surface area (Å²) in [7, 11) is 3.48. The number of nitrogens with zero attached hydrogens (tertiary/aromatic N) is 2. The summed E-state index contributed by atoms with van der Waals surface area (Å²) in [5.74, 6) is -0.0196. The zero-order chi connectivity index (χ0) is 17.8. The monoisotopic (exact) mass is 354 g/mol. The highest BCUT2D eigenvalue weighted by molar-refractivity contribution is 6.30. The number of H-pyrrole nitrogens is 1. The zero-order valence-corrected chi connectivity index (χ0v) is 14.8. The van der Waals surface area contributed by atoms with Gasteiger partial charge in [0.25, 0.3) is 5.91 Å². The first-order chi connectivity index (χ1) is 12.0. The van der Waals surface area contributed by atoms with Crippen LogP contribution in [0.25, 0.3) is 11.3 Å². The van der Waals surface area contributed by atoms with Crippen LogP contribution in [-0.4, -0.2) is 35.1 Å². The molecule has 0 radical (unpaired) electrons. The van der Waals surface area contributed by atoms with E-state index in [0.717, 1.165) is 22.5 Å². The lowest BCUT2D eigenvalue weighted by Gasteiger charge is -2.12. The molecule has 0 aliphatic rings. The van der Waals surface area contributed by atoms with Crippen molar-refractivity contribution in [3.8, 4) is 11.3 Å². The Morgan fingerprint density at radius 1 is 1.20 bits per heavy atom. The maximum atomic E-state index is 12.1. The van der Waals surface area contributed by atoms with Crippen molar-refractivity contribution in [1.82, 2.24) is 15.1 Å². The number of carbonyl (C=O) groups excluding carboxylic acids is 1. The van der Waals surface area contributed by atoms with Gasteiger partial charge in [-0.3, -0.25) is 9.89 Å². The summed E-state index contributed by atoms with van der Waals surface area (Å²) in [6.07, 6.45) is 1.87. The quantitative estimate of drug-likeness (QED) is 0.726. The van der Waals surface area contributed by atoms with Gasteiger partial charge >= 0.3 is 0 Å². The van der Waals surface area contributed by atoms with Gasteiger partial charge in [-0.1, -0.05) is 29.8 Å². The largest absolute Gasteiger partial charge is 0.381 e. The third kappa shape index (κ3) is 4.00. The van der Waals surface area contributed by atoms with Gasteiger partial charge in [-0.2, -0.15) is 5.10 Å². The molecular formula is C19H19ClN4O. The molecule has 0 spiro atoms. The molecule has 0 unspecified atom stereocenters. The van der Waals surface area contributed by atoms with E-state index >= 15 is 0 Å². The van der Waals surface area contributed by atoms with Crippen LogP contribution in [0.5, 0.6) is 0 Å². The van der Waals surface area contributed by atoms with Crippen molar-refractivity contribution < 1.29 is 4.79 Å². The van der Waals surface area contributed by atoms with E-state index in [1.807, 2.05) is 54.7 Å². The van der Waals surface area contributed by atoms with Gasteiger partial charge in [-0.25, -0.2) is 0 Å². The molecule has 2 N–H and O–H groups in total.